The molecule has 1 amide bonds. The average Bonchev–Trinajstić information content (AvgIpc) is 2.94. The fourth-order valence-corrected chi connectivity index (χ4v) is 2.76. The first kappa shape index (κ1) is 12.3. The van der Waals surface area contributed by atoms with Crippen LogP contribution in [0.3, 0.4) is 0 Å². The fraction of sp³-hybridized carbons (Fsp3) is 0.462. The molecule has 17 heavy (non-hydrogen) atoms. The van der Waals surface area contributed by atoms with E-state index in [0.29, 0.717) is 6.54 Å². The van der Waals surface area contributed by atoms with Gasteiger partial charge in [-0.3, -0.25) is 4.79 Å². The van der Waals surface area contributed by atoms with Crippen LogP contribution in [0, 0.1) is 12.8 Å². The first-order valence-electron chi connectivity index (χ1n) is 5.83. The summed E-state index contributed by atoms with van der Waals surface area (Å²) >= 11 is 1.68. The van der Waals surface area contributed by atoms with Gasteiger partial charge in [-0.1, -0.05) is 0 Å². The number of amides is 1. The molecule has 1 atom stereocenters. The largest absolute Gasteiger partial charge is 0.396 e. The van der Waals surface area contributed by atoms with Crippen molar-refractivity contribution in [3.05, 3.63) is 28.0 Å². The lowest BCUT2D eigenvalue weighted by molar-refractivity contribution is -0.125. The molecule has 0 aromatic carbocycles. The molecule has 0 spiro atoms. The number of aliphatic hydroxyl groups excluding tert-OH is 1. The number of nitrogens with zero attached hydrogens (tertiary/aromatic N) is 1. The molecule has 3 nitrogen and oxygen atoms in total. The Balaban J connectivity index is 1.91. The summed E-state index contributed by atoms with van der Waals surface area (Å²) in [6.07, 6.45) is 4.41. The third-order valence-corrected chi connectivity index (χ3v) is 3.97. The zero-order chi connectivity index (χ0) is 12.3. The summed E-state index contributed by atoms with van der Waals surface area (Å²) in [6, 6.07) is 4.07. The maximum atomic E-state index is 11.8. The van der Waals surface area contributed by atoms with Crippen molar-refractivity contribution in [3.8, 4) is 0 Å². The summed E-state index contributed by atoms with van der Waals surface area (Å²) in [6.45, 7) is 3.68. The Bertz CT molecular complexity index is 425. The van der Waals surface area contributed by atoms with Crippen LogP contribution in [0.5, 0.6) is 0 Å². The van der Waals surface area contributed by atoms with Crippen LogP contribution in [-0.2, 0) is 4.79 Å². The molecule has 92 valence electrons. The zero-order valence-corrected chi connectivity index (χ0v) is 10.7. The molecule has 1 aliphatic rings. The van der Waals surface area contributed by atoms with Gasteiger partial charge in [0.15, 0.2) is 0 Å². The van der Waals surface area contributed by atoms with Crippen LogP contribution >= 0.6 is 11.3 Å². The number of hydrogen-bond acceptors (Lipinski definition) is 3. The molecule has 1 aromatic heterocycles. The number of hydrogen-bond donors (Lipinski definition) is 1. The first-order valence-corrected chi connectivity index (χ1v) is 6.65. The van der Waals surface area contributed by atoms with Gasteiger partial charge in [0.25, 0.3) is 0 Å². The smallest absolute Gasteiger partial charge is 0.246 e. The number of carbonyl (C=O) groups is 1. The summed E-state index contributed by atoms with van der Waals surface area (Å²) in [5.41, 5.74) is 0. The van der Waals surface area contributed by atoms with Crippen molar-refractivity contribution in [1.82, 2.24) is 4.90 Å². The van der Waals surface area contributed by atoms with E-state index >= 15 is 0 Å². The Morgan fingerprint density at radius 1 is 1.65 bits per heavy atom. The quantitative estimate of drug-likeness (QED) is 0.834. The van der Waals surface area contributed by atoms with E-state index < -0.39 is 0 Å². The van der Waals surface area contributed by atoms with Gasteiger partial charge >= 0.3 is 0 Å². The molecular weight excluding hydrogens is 234 g/mol. The molecule has 1 fully saturated rings. The SMILES string of the molecule is Cc1ccc(C=CC(=O)N2CCC(CO)C2)s1. The monoisotopic (exact) mass is 251 g/mol. The van der Waals surface area contributed by atoms with Crippen LogP contribution in [-0.4, -0.2) is 35.6 Å². The van der Waals surface area contributed by atoms with Crippen molar-refractivity contribution < 1.29 is 9.90 Å². The Kier molecular flexibility index (Phi) is 3.97. The van der Waals surface area contributed by atoms with Gasteiger partial charge in [0.1, 0.15) is 0 Å². The van der Waals surface area contributed by atoms with Crippen LogP contribution in [0.1, 0.15) is 16.2 Å². The molecule has 1 N–H and O–H groups in total. The Hall–Kier alpha value is -1.13. The highest BCUT2D eigenvalue weighted by molar-refractivity contribution is 7.12. The second-order valence-electron chi connectivity index (χ2n) is 4.40. The van der Waals surface area contributed by atoms with Crippen molar-refractivity contribution in [1.29, 1.82) is 0 Å². The Morgan fingerprint density at radius 2 is 2.47 bits per heavy atom. The van der Waals surface area contributed by atoms with Gasteiger partial charge in [-0.2, -0.15) is 0 Å². The van der Waals surface area contributed by atoms with Crippen LogP contribution in [0.4, 0.5) is 0 Å². The standard InChI is InChI=1S/C13H17NO2S/c1-10-2-3-12(17-10)4-5-13(16)14-7-6-11(8-14)9-15/h2-5,11,15H,6-9H2,1H3. The van der Waals surface area contributed by atoms with Crippen LogP contribution in [0.15, 0.2) is 18.2 Å². The van der Waals surface area contributed by atoms with Gasteiger partial charge in [0.2, 0.25) is 5.91 Å². The van der Waals surface area contributed by atoms with Gasteiger partial charge in [-0.25, -0.2) is 0 Å². The molecule has 0 bridgehead atoms. The van der Waals surface area contributed by atoms with Gasteiger partial charge in [0, 0.05) is 41.4 Å². The minimum absolute atomic E-state index is 0.0482. The predicted octanol–water partition coefficient (Wildman–Crippen LogP) is 1.91. The van der Waals surface area contributed by atoms with E-state index in [1.54, 1.807) is 22.3 Å². The number of likely N-dealkylation sites (tertiary alicyclic amines) is 1. The van der Waals surface area contributed by atoms with Gasteiger partial charge in [0.05, 0.1) is 0 Å². The summed E-state index contributed by atoms with van der Waals surface area (Å²) in [4.78, 5) is 16.0. The lowest BCUT2D eigenvalue weighted by atomic mass is 10.1. The van der Waals surface area contributed by atoms with Crippen LogP contribution in [0.25, 0.3) is 6.08 Å². The molecule has 1 unspecified atom stereocenters. The second kappa shape index (κ2) is 5.47. The van der Waals surface area contributed by atoms with E-state index in [-0.39, 0.29) is 18.4 Å². The van der Waals surface area contributed by atoms with Crippen molar-refractivity contribution in [2.45, 2.75) is 13.3 Å². The zero-order valence-electron chi connectivity index (χ0n) is 9.93. The number of thiophene rings is 1. The molecule has 2 rings (SSSR count). The van der Waals surface area contributed by atoms with E-state index in [1.807, 2.05) is 18.2 Å². The second-order valence-corrected chi connectivity index (χ2v) is 5.72. The van der Waals surface area contributed by atoms with Crippen molar-refractivity contribution in [3.63, 3.8) is 0 Å². The Morgan fingerprint density at radius 3 is 3.06 bits per heavy atom. The van der Waals surface area contributed by atoms with Crippen molar-refractivity contribution in [2.24, 2.45) is 5.92 Å². The number of aliphatic hydroxyl groups is 1. The molecule has 0 radical (unpaired) electrons. The minimum Gasteiger partial charge on any atom is -0.396 e. The fourth-order valence-electron chi connectivity index (χ4n) is 1.98. The topological polar surface area (TPSA) is 40.5 Å². The number of rotatable bonds is 3. The third kappa shape index (κ3) is 3.17. The van der Waals surface area contributed by atoms with Crippen LogP contribution < -0.4 is 0 Å². The molecule has 0 saturated carbocycles. The molecular formula is C13H17NO2S. The molecule has 4 heteroatoms. The lowest BCUT2D eigenvalue weighted by Crippen LogP contribution is -2.27. The lowest BCUT2D eigenvalue weighted by Gasteiger charge is -2.13. The summed E-state index contributed by atoms with van der Waals surface area (Å²) < 4.78 is 0. The van der Waals surface area contributed by atoms with Crippen molar-refractivity contribution in [2.75, 3.05) is 19.7 Å². The van der Waals surface area contributed by atoms with E-state index in [4.69, 9.17) is 5.11 Å². The Labute approximate surface area is 105 Å². The molecule has 2 heterocycles. The van der Waals surface area contributed by atoms with E-state index in [1.165, 1.54) is 4.88 Å². The van der Waals surface area contributed by atoms with Crippen molar-refractivity contribution >= 4 is 23.3 Å². The molecule has 1 aromatic rings. The highest BCUT2D eigenvalue weighted by atomic mass is 32.1. The van der Waals surface area contributed by atoms with Gasteiger partial charge in [-0.05, 0) is 31.6 Å². The number of aryl methyl sites for hydroxylation is 1. The minimum atomic E-state index is 0.0482. The van der Waals surface area contributed by atoms with E-state index in [0.717, 1.165) is 17.8 Å². The number of carbonyl (C=O) groups excluding carboxylic acids is 1. The van der Waals surface area contributed by atoms with E-state index in [9.17, 15) is 4.79 Å². The molecule has 1 aliphatic heterocycles. The average molecular weight is 251 g/mol. The van der Waals surface area contributed by atoms with E-state index in [2.05, 4.69) is 6.92 Å². The molecule has 0 aliphatic carbocycles. The normalized spacial score (nSPS) is 20.4. The van der Waals surface area contributed by atoms with Crippen LogP contribution in [0.2, 0.25) is 0 Å². The summed E-state index contributed by atoms with van der Waals surface area (Å²) in [5, 5.41) is 9.02. The summed E-state index contributed by atoms with van der Waals surface area (Å²) in [7, 11) is 0. The highest BCUT2D eigenvalue weighted by Gasteiger charge is 2.23. The first-order chi connectivity index (χ1) is 8.19. The predicted molar refractivity (Wildman–Crippen MR) is 69.9 cm³/mol. The maximum Gasteiger partial charge on any atom is 0.246 e. The highest BCUT2D eigenvalue weighted by Crippen LogP contribution is 2.18. The van der Waals surface area contributed by atoms with Gasteiger partial charge < -0.3 is 10.0 Å². The summed E-state index contributed by atoms with van der Waals surface area (Å²) in [5.74, 6) is 0.309. The molecule has 1 saturated heterocycles. The third-order valence-electron chi connectivity index (χ3n) is 3.01. The van der Waals surface area contributed by atoms with Gasteiger partial charge in [-0.15, -0.1) is 11.3 Å². The maximum absolute atomic E-state index is 11.8.